The van der Waals surface area contributed by atoms with Gasteiger partial charge in [-0.3, -0.25) is 10.2 Å². The number of ether oxygens (including phenoxy) is 1. The predicted molar refractivity (Wildman–Crippen MR) is 93.7 cm³/mol. The van der Waals surface area contributed by atoms with Crippen molar-refractivity contribution in [2.24, 2.45) is 0 Å². The van der Waals surface area contributed by atoms with Gasteiger partial charge in [-0.1, -0.05) is 12.1 Å². The van der Waals surface area contributed by atoms with Crippen molar-refractivity contribution in [3.05, 3.63) is 53.0 Å². The van der Waals surface area contributed by atoms with Crippen LogP contribution in [0.3, 0.4) is 0 Å². The van der Waals surface area contributed by atoms with E-state index in [1.54, 1.807) is 26.8 Å². The van der Waals surface area contributed by atoms with E-state index in [1.807, 2.05) is 0 Å². The fourth-order valence-corrected chi connectivity index (χ4v) is 2.37. The Morgan fingerprint density at radius 3 is 2.32 bits per heavy atom. The van der Waals surface area contributed by atoms with E-state index in [2.05, 4.69) is 20.9 Å². The van der Waals surface area contributed by atoms with Crippen molar-refractivity contribution < 1.29 is 31.9 Å². The molecule has 1 atom stereocenters. The number of alkyl halides is 3. The molecule has 0 saturated heterocycles. The van der Waals surface area contributed by atoms with Gasteiger partial charge in [-0.25, -0.2) is 10.2 Å². The summed E-state index contributed by atoms with van der Waals surface area (Å²) in [5, 5.41) is 2.59. The number of rotatable bonds is 5. The fraction of sp³-hybridized carbons (Fsp3) is 0.333. The summed E-state index contributed by atoms with van der Waals surface area (Å²) in [7, 11) is 0. The molecule has 7 nitrogen and oxygen atoms in total. The third kappa shape index (κ3) is 6.22. The van der Waals surface area contributed by atoms with Crippen LogP contribution in [0.1, 0.15) is 40.4 Å². The highest BCUT2D eigenvalue weighted by molar-refractivity contribution is 5.96. The first-order chi connectivity index (χ1) is 13.0. The molecule has 3 N–H and O–H groups in total. The average Bonchev–Trinajstić information content (AvgIpc) is 2.96. The first-order valence-corrected chi connectivity index (χ1v) is 8.28. The van der Waals surface area contributed by atoms with Gasteiger partial charge >= 0.3 is 12.2 Å². The summed E-state index contributed by atoms with van der Waals surface area (Å²) in [6.45, 7) is 3.63. The lowest BCUT2D eigenvalue weighted by Crippen LogP contribution is -2.47. The normalized spacial score (nSPS) is 12.2. The molecule has 10 heteroatoms. The van der Waals surface area contributed by atoms with Gasteiger partial charge in [0.05, 0.1) is 11.6 Å². The number of furan rings is 1. The number of carbonyl (C=O) groups excluding carboxylic acids is 2. The fourth-order valence-electron chi connectivity index (χ4n) is 2.37. The van der Waals surface area contributed by atoms with E-state index in [9.17, 15) is 22.8 Å². The van der Waals surface area contributed by atoms with Gasteiger partial charge in [-0.2, -0.15) is 13.2 Å². The Labute approximate surface area is 159 Å². The number of nitrogens with one attached hydrogen (secondary N) is 3. The summed E-state index contributed by atoms with van der Waals surface area (Å²) in [4.78, 5) is 23.9. The molecule has 2 aromatic rings. The van der Waals surface area contributed by atoms with Gasteiger partial charge in [0.15, 0.2) is 6.61 Å². The lowest BCUT2D eigenvalue weighted by atomic mass is 10.1. The van der Waals surface area contributed by atoms with Crippen LogP contribution in [0.15, 0.2) is 34.7 Å². The van der Waals surface area contributed by atoms with Crippen molar-refractivity contribution >= 4 is 11.9 Å². The maximum atomic E-state index is 12.1. The number of hydrogen-bond donors (Lipinski definition) is 3. The SMILES string of the molecule is Cc1cc(C(=O)NNC(=O)NC(C)c2ccc(OCC(F)(F)F)cc2)c(C)o1. The summed E-state index contributed by atoms with van der Waals surface area (Å²) >= 11 is 0. The van der Waals surface area contributed by atoms with Crippen molar-refractivity contribution in [2.75, 3.05) is 6.61 Å². The van der Waals surface area contributed by atoms with Crippen molar-refractivity contribution in [3.8, 4) is 5.75 Å². The predicted octanol–water partition coefficient (Wildman–Crippen LogP) is 3.54. The number of carbonyl (C=O) groups is 2. The second kappa shape index (κ2) is 8.68. The highest BCUT2D eigenvalue weighted by atomic mass is 19.4. The molecule has 0 spiro atoms. The monoisotopic (exact) mass is 399 g/mol. The molecule has 2 rings (SSSR count). The van der Waals surface area contributed by atoms with Gasteiger partial charge in [-0.15, -0.1) is 0 Å². The third-order valence-corrected chi connectivity index (χ3v) is 3.71. The number of amides is 3. The Balaban J connectivity index is 1.83. The quantitative estimate of drug-likeness (QED) is 0.671. The van der Waals surface area contributed by atoms with Crippen LogP contribution < -0.4 is 20.9 Å². The van der Waals surface area contributed by atoms with Crippen LogP contribution in [0.4, 0.5) is 18.0 Å². The number of benzene rings is 1. The van der Waals surface area contributed by atoms with E-state index < -0.39 is 30.8 Å². The molecule has 0 aliphatic carbocycles. The maximum Gasteiger partial charge on any atom is 0.422 e. The molecule has 3 amide bonds. The molecular formula is C18H20F3N3O4. The van der Waals surface area contributed by atoms with Crippen LogP contribution in [-0.4, -0.2) is 24.7 Å². The molecular weight excluding hydrogens is 379 g/mol. The summed E-state index contributed by atoms with van der Waals surface area (Å²) in [6, 6.07) is 6.25. The third-order valence-electron chi connectivity index (χ3n) is 3.71. The average molecular weight is 399 g/mol. The Morgan fingerprint density at radius 1 is 1.14 bits per heavy atom. The molecule has 152 valence electrons. The van der Waals surface area contributed by atoms with Crippen LogP contribution >= 0.6 is 0 Å². The first-order valence-electron chi connectivity index (χ1n) is 8.28. The summed E-state index contributed by atoms with van der Waals surface area (Å²) in [6.07, 6.45) is -4.41. The number of aryl methyl sites for hydroxylation is 2. The molecule has 1 aromatic carbocycles. The summed E-state index contributed by atoms with van der Waals surface area (Å²) in [5.74, 6) is 0.542. The lowest BCUT2D eigenvalue weighted by molar-refractivity contribution is -0.153. The molecule has 0 fully saturated rings. The molecule has 0 radical (unpaired) electrons. The molecule has 0 aliphatic heterocycles. The molecule has 1 aromatic heterocycles. The minimum Gasteiger partial charge on any atom is -0.484 e. The second-order valence-electron chi connectivity index (χ2n) is 6.07. The standard InChI is InChI=1S/C18H20F3N3O4/c1-10-8-15(12(3)28-10)16(25)23-24-17(26)22-11(2)13-4-6-14(7-5-13)27-9-18(19,20)21/h4-8,11H,9H2,1-3H3,(H,23,25)(H2,22,24,26). The van der Waals surface area contributed by atoms with E-state index in [-0.39, 0.29) is 5.75 Å². The smallest absolute Gasteiger partial charge is 0.422 e. The van der Waals surface area contributed by atoms with Crippen LogP contribution in [0.5, 0.6) is 5.75 Å². The minimum absolute atomic E-state index is 0.0655. The first kappa shape index (κ1) is 21.1. The van der Waals surface area contributed by atoms with Crippen LogP contribution in [0.25, 0.3) is 0 Å². The highest BCUT2D eigenvalue weighted by Gasteiger charge is 2.28. The van der Waals surface area contributed by atoms with Gasteiger partial charge in [0, 0.05) is 0 Å². The van der Waals surface area contributed by atoms with Crippen LogP contribution in [0, 0.1) is 13.8 Å². The second-order valence-corrected chi connectivity index (χ2v) is 6.07. The zero-order valence-electron chi connectivity index (χ0n) is 15.4. The lowest BCUT2D eigenvalue weighted by Gasteiger charge is -2.16. The Morgan fingerprint density at radius 2 is 1.79 bits per heavy atom. The van der Waals surface area contributed by atoms with Crippen molar-refractivity contribution in [1.29, 1.82) is 0 Å². The Kier molecular flexibility index (Phi) is 6.55. The van der Waals surface area contributed by atoms with Gasteiger partial charge in [-0.05, 0) is 44.5 Å². The topological polar surface area (TPSA) is 92.6 Å². The van der Waals surface area contributed by atoms with Gasteiger partial charge < -0.3 is 14.5 Å². The maximum absolute atomic E-state index is 12.1. The van der Waals surface area contributed by atoms with Crippen molar-refractivity contribution in [2.45, 2.75) is 33.0 Å². The van der Waals surface area contributed by atoms with Crippen LogP contribution in [0.2, 0.25) is 0 Å². The molecule has 0 bridgehead atoms. The number of hydrogen-bond acceptors (Lipinski definition) is 4. The zero-order valence-corrected chi connectivity index (χ0v) is 15.4. The van der Waals surface area contributed by atoms with Gasteiger partial charge in [0.25, 0.3) is 5.91 Å². The molecule has 1 heterocycles. The zero-order chi connectivity index (χ0) is 20.9. The van der Waals surface area contributed by atoms with Crippen molar-refractivity contribution in [3.63, 3.8) is 0 Å². The van der Waals surface area contributed by atoms with E-state index in [0.717, 1.165) is 0 Å². The minimum atomic E-state index is -4.41. The van der Waals surface area contributed by atoms with E-state index in [0.29, 0.717) is 22.6 Å². The van der Waals surface area contributed by atoms with Gasteiger partial charge in [0.2, 0.25) is 0 Å². The number of urea groups is 1. The summed E-state index contributed by atoms with van der Waals surface area (Å²) in [5.41, 5.74) is 5.43. The van der Waals surface area contributed by atoms with E-state index >= 15 is 0 Å². The Bertz CT molecular complexity index is 832. The largest absolute Gasteiger partial charge is 0.484 e. The van der Waals surface area contributed by atoms with Crippen molar-refractivity contribution in [1.82, 2.24) is 16.2 Å². The summed E-state index contributed by atoms with van der Waals surface area (Å²) < 4.78 is 46.3. The molecule has 1 unspecified atom stereocenters. The van der Waals surface area contributed by atoms with E-state index in [1.165, 1.54) is 24.3 Å². The van der Waals surface area contributed by atoms with Crippen LogP contribution in [-0.2, 0) is 0 Å². The van der Waals surface area contributed by atoms with Gasteiger partial charge in [0.1, 0.15) is 17.3 Å². The molecule has 0 aliphatic rings. The highest BCUT2D eigenvalue weighted by Crippen LogP contribution is 2.21. The Hall–Kier alpha value is -3.17. The number of halogens is 3. The van der Waals surface area contributed by atoms with E-state index in [4.69, 9.17) is 4.42 Å². The number of hydrazine groups is 1. The molecule has 28 heavy (non-hydrogen) atoms. The molecule has 0 saturated carbocycles.